The van der Waals surface area contributed by atoms with Crippen LogP contribution in [0.5, 0.6) is 5.75 Å². The van der Waals surface area contributed by atoms with Crippen LogP contribution in [0, 0.1) is 6.92 Å². The van der Waals surface area contributed by atoms with Crippen molar-refractivity contribution in [2.24, 2.45) is 0 Å². The number of anilines is 1. The molecule has 2 aromatic heterocycles. The largest absolute Gasteiger partial charge is 0.485 e. The molecule has 2 N–H and O–H groups in total. The molecular formula is C23H24BrCl2N5O4. The molecule has 1 aromatic carbocycles. The van der Waals surface area contributed by atoms with E-state index >= 15 is 0 Å². The Balaban J connectivity index is 1.70. The van der Waals surface area contributed by atoms with E-state index in [1.165, 1.54) is 11.9 Å². The van der Waals surface area contributed by atoms with Crippen molar-refractivity contribution in [2.45, 2.75) is 26.4 Å². The first kappa shape index (κ1) is 26.8. The van der Waals surface area contributed by atoms with E-state index in [-0.39, 0.29) is 36.9 Å². The first-order chi connectivity index (χ1) is 16.6. The number of nitrogens with zero attached hydrogens (tertiary/aromatic N) is 3. The highest BCUT2D eigenvalue weighted by Gasteiger charge is 2.20. The number of aryl methyl sites for hydroxylation is 1. The number of nitrogens with one attached hydrogen (secondary N) is 2. The molecule has 0 unspecified atom stereocenters. The lowest BCUT2D eigenvalue weighted by atomic mass is 10.2. The number of fused-ring (bicyclic) bond motifs is 1. The third-order valence-corrected chi connectivity index (χ3v) is 7.01. The van der Waals surface area contributed by atoms with Gasteiger partial charge in [0.2, 0.25) is 17.7 Å². The predicted molar refractivity (Wildman–Crippen MR) is 138 cm³/mol. The number of ether oxygens (including phenoxy) is 1. The van der Waals surface area contributed by atoms with Crippen molar-refractivity contribution in [1.29, 1.82) is 0 Å². The highest BCUT2D eigenvalue weighted by Crippen LogP contribution is 2.35. The maximum atomic E-state index is 12.6. The summed E-state index contributed by atoms with van der Waals surface area (Å²) in [4.78, 5) is 41.6. The molecule has 2 heterocycles. The zero-order chi connectivity index (χ0) is 25.7. The Hall–Kier alpha value is -2.82. The molecule has 9 nitrogen and oxygen atoms in total. The van der Waals surface area contributed by atoms with Crippen molar-refractivity contribution in [1.82, 2.24) is 20.0 Å². The number of aromatic nitrogens is 2. The summed E-state index contributed by atoms with van der Waals surface area (Å²) in [6.45, 7) is 1.69. The minimum atomic E-state index is -0.401. The van der Waals surface area contributed by atoms with Gasteiger partial charge in [-0.15, -0.1) is 0 Å². The first-order valence-corrected chi connectivity index (χ1v) is 12.2. The number of amides is 3. The second kappa shape index (κ2) is 11.7. The summed E-state index contributed by atoms with van der Waals surface area (Å²) >= 11 is 16.5. The summed E-state index contributed by atoms with van der Waals surface area (Å²) < 4.78 is 8.69. The molecule has 0 spiro atoms. The minimum absolute atomic E-state index is 0.0147. The van der Waals surface area contributed by atoms with Crippen LogP contribution in [0.1, 0.15) is 24.1 Å². The van der Waals surface area contributed by atoms with Crippen LogP contribution in [0.25, 0.3) is 5.65 Å². The molecule has 0 aliphatic rings. The van der Waals surface area contributed by atoms with Gasteiger partial charge in [-0.2, -0.15) is 0 Å². The first-order valence-electron chi connectivity index (χ1n) is 10.6. The SMILES string of the molecule is CNC(=O)CCC(=O)NCC(=O)N(C)c1ccc(Cl)c(COc2cccn3c(Br)c(C)nc23)c1Cl. The zero-order valence-corrected chi connectivity index (χ0v) is 22.4. The van der Waals surface area contributed by atoms with E-state index in [0.29, 0.717) is 27.7 Å². The Morgan fingerprint density at radius 3 is 2.60 bits per heavy atom. The Morgan fingerprint density at radius 2 is 1.89 bits per heavy atom. The van der Waals surface area contributed by atoms with E-state index in [1.807, 2.05) is 23.6 Å². The summed E-state index contributed by atoms with van der Waals surface area (Å²) in [5.74, 6) is -0.501. The number of hydrogen-bond acceptors (Lipinski definition) is 5. The second-order valence-electron chi connectivity index (χ2n) is 7.60. The normalized spacial score (nSPS) is 10.8. The number of carbonyl (C=O) groups is 3. The van der Waals surface area contributed by atoms with Crippen LogP contribution in [0.4, 0.5) is 5.69 Å². The van der Waals surface area contributed by atoms with Gasteiger partial charge in [0.1, 0.15) is 11.2 Å². The number of imidazole rings is 1. The maximum Gasteiger partial charge on any atom is 0.246 e. The van der Waals surface area contributed by atoms with Crippen molar-refractivity contribution < 1.29 is 19.1 Å². The van der Waals surface area contributed by atoms with Crippen molar-refractivity contribution in [3.8, 4) is 5.75 Å². The number of rotatable bonds is 9. The number of pyridine rings is 1. The summed E-state index contributed by atoms with van der Waals surface area (Å²) in [7, 11) is 3.04. The van der Waals surface area contributed by atoms with Crippen molar-refractivity contribution >= 4 is 68.2 Å². The zero-order valence-electron chi connectivity index (χ0n) is 19.3. The van der Waals surface area contributed by atoms with Gasteiger partial charge < -0.3 is 20.3 Å². The van der Waals surface area contributed by atoms with E-state index in [2.05, 4.69) is 31.5 Å². The molecule has 0 atom stereocenters. The fourth-order valence-corrected chi connectivity index (χ4v) is 4.22. The van der Waals surface area contributed by atoms with Gasteiger partial charge in [-0.05, 0) is 47.1 Å². The van der Waals surface area contributed by atoms with Gasteiger partial charge in [0.15, 0.2) is 11.4 Å². The van der Waals surface area contributed by atoms with Crippen LogP contribution in [0.15, 0.2) is 35.1 Å². The van der Waals surface area contributed by atoms with Gasteiger partial charge in [0.05, 0.1) is 22.9 Å². The van der Waals surface area contributed by atoms with Crippen LogP contribution < -0.4 is 20.3 Å². The Kier molecular flexibility index (Phi) is 8.98. The van der Waals surface area contributed by atoms with Crippen LogP contribution in [0.3, 0.4) is 0 Å². The Morgan fingerprint density at radius 1 is 1.17 bits per heavy atom. The quantitative estimate of drug-likeness (QED) is 0.397. The number of likely N-dealkylation sites (N-methyl/N-ethyl adjacent to an activating group) is 1. The molecule has 0 radical (unpaired) electrons. The fourth-order valence-electron chi connectivity index (χ4n) is 3.23. The standard InChI is InChI=1S/C23H24BrCl2N5O4/c1-13-22(24)31-10-4-5-17(23(31)29-13)35-12-14-15(25)6-7-16(21(14)26)30(3)20(34)11-28-19(33)9-8-18(32)27-2/h4-7,10H,8-9,11-12H2,1-3H3,(H,27,32)(H,28,33). The molecule has 0 saturated heterocycles. The molecule has 0 bridgehead atoms. The van der Waals surface area contributed by atoms with E-state index in [4.69, 9.17) is 27.9 Å². The molecule has 35 heavy (non-hydrogen) atoms. The van der Waals surface area contributed by atoms with Crippen LogP contribution in [-0.4, -0.2) is 47.7 Å². The fraction of sp³-hybridized carbons (Fsp3) is 0.304. The molecular weight excluding hydrogens is 561 g/mol. The Labute approximate surface area is 220 Å². The van der Waals surface area contributed by atoms with Gasteiger partial charge in [-0.3, -0.25) is 18.8 Å². The van der Waals surface area contributed by atoms with Gasteiger partial charge in [-0.25, -0.2) is 4.98 Å². The minimum Gasteiger partial charge on any atom is -0.485 e. The van der Waals surface area contributed by atoms with Crippen molar-refractivity contribution in [3.05, 3.63) is 56.4 Å². The summed E-state index contributed by atoms with van der Waals surface area (Å²) in [5, 5.41) is 5.59. The predicted octanol–water partition coefficient (Wildman–Crippen LogP) is 3.90. The van der Waals surface area contributed by atoms with Gasteiger partial charge in [0, 0.05) is 43.7 Å². The molecule has 0 aliphatic carbocycles. The van der Waals surface area contributed by atoms with Gasteiger partial charge >= 0.3 is 0 Å². The molecule has 12 heteroatoms. The Bertz CT molecular complexity index is 1280. The van der Waals surface area contributed by atoms with Gasteiger partial charge in [0.25, 0.3) is 0 Å². The highest BCUT2D eigenvalue weighted by molar-refractivity contribution is 9.10. The lowest BCUT2D eigenvalue weighted by Crippen LogP contribution is -2.38. The summed E-state index contributed by atoms with van der Waals surface area (Å²) in [5.41, 5.74) is 2.38. The van der Waals surface area contributed by atoms with Crippen molar-refractivity contribution in [3.63, 3.8) is 0 Å². The molecule has 0 aliphatic heterocycles. The second-order valence-corrected chi connectivity index (χ2v) is 9.14. The molecule has 3 amide bonds. The third kappa shape index (κ3) is 6.25. The molecule has 186 valence electrons. The monoisotopic (exact) mass is 583 g/mol. The smallest absolute Gasteiger partial charge is 0.246 e. The number of benzene rings is 1. The van der Waals surface area contributed by atoms with E-state index < -0.39 is 11.8 Å². The topological polar surface area (TPSA) is 105 Å². The maximum absolute atomic E-state index is 12.6. The summed E-state index contributed by atoms with van der Waals surface area (Å²) in [6.07, 6.45) is 1.89. The third-order valence-electron chi connectivity index (χ3n) is 5.28. The molecule has 0 saturated carbocycles. The van der Waals surface area contributed by atoms with E-state index in [1.54, 1.807) is 25.2 Å². The highest BCUT2D eigenvalue weighted by atomic mass is 79.9. The lowest BCUT2D eigenvalue weighted by molar-refractivity contribution is -0.127. The lowest BCUT2D eigenvalue weighted by Gasteiger charge is -2.21. The van der Waals surface area contributed by atoms with E-state index in [0.717, 1.165) is 10.3 Å². The van der Waals surface area contributed by atoms with Crippen molar-refractivity contribution in [2.75, 3.05) is 25.5 Å². The van der Waals surface area contributed by atoms with Gasteiger partial charge in [-0.1, -0.05) is 23.2 Å². The number of hydrogen-bond donors (Lipinski definition) is 2. The van der Waals surface area contributed by atoms with Crippen LogP contribution in [-0.2, 0) is 21.0 Å². The number of carbonyl (C=O) groups excluding carboxylic acids is 3. The molecule has 3 rings (SSSR count). The van der Waals surface area contributed by atoms with E-state index in [9.17, 15) is 14.4 Å². The summed E-state index contributed by atoms with van der Waals surface area (Å²) in [6, 6.07) is 6.88. The number of halogens is 3. The van der Waals surface area contributed by atoms with Crippen LogP contribution in [0.2, 0.25) is 10.0 Å². The average molecular weight is 585 g/mol. The molecule has 0 fully saturated rings. The average Bonchev–Trinajstić information content (AvgIpc) is 3.14. The van der Waals surface area contributed by atoms with Crippen LogP contribution >= 0.6 is 39.1 Å². The molecule has 3 aromatic rings.